The molecule has 0 amide bonds. The molecule has 0 saturated carbocycles. The van der Waals surface area contributed by atoms with Crippen LogP contribution in [0.2, 0.25) is 0 Å². The number of nitrogens with one attached hydrogen (secondary N) is 1. The number of aryl methyl sites for hydroxylation is 2. The lowest BCUT2D eigenvalue weighted by Crippen LogP contribution is -2.23. The van der Waals surface area contributed by atoms with Crippen molar-refractivity contribution in [2.45, 2.75) is 24.6 Å². The first-order chi connectivity index (χ1) is 8.88. The second-order valence-corrected chi connectivity index (χ2v) is 8.36. The number of nitrogens with zero attached hydrogens (tertiary/aromatic N) is 2. The zero-order valence-corrected chi connectivity index (χ0v) is 13.6. The van der Waals surface area contributed by atoms with Crippen LogP contribution in [0.1, 0.15) is 17.0 Å². The highest BCUT2D eigenvalue weighted by atomic mass is 79.9. The maximum absolute atomic E-state index is 12.1. The van der Waals surface area contributed by atoms with Gasteiger partial charge in [0.05, 0.1) is 27.9 Å². The molecule has 0 unspecified atom stereocenters. The van der Waals surface area contributed by atoms with Crippen molar-refractivity contribution in [3.05, 3.63) is 39.2 Å². The first-order valence-electron chi connectivity index (χ1n) is 5.41. The number of hydrogen-bond acceptors (Lipinski definition) is 5. The molecule has 0 aromatic carbocycles. The van der Waals surface area contributed by atoms with Gasteiger partial charge in [-0.2, -0.15) is 0 Å². The largest absolute Gasteiger partial charge is 0.258 e. The third-order valence-corrected chi connectivity index (χ3v) is 6.39. The fourth-order valence-corrected chi connectivity index (χ4v) is 4.58. The molecule has 8 heteroatoms. The van der Waals surface area contributed by atoms with Crippen molar-refractivity contribution in [1.82, 2.24) is 14.7 Å². The molecule has 0 atom stereocenters. The summed E-state index contributed by atoms with van der Waals surface area (Å²) in [5, 5.41) is 0. The molecule has 0 aliphatic carbocycles. The zero-order valence-electron chi connectivity index (χ0n) is 10.3. The van der Waals surface area contributed by atoms with Gasteiger partial charge >= 0.3 is 0 Å². The van der Waals surface area contributed by atoms with Crippen molar-refractivity contribution in [3.63, 3.8) is 0 Å². The number of hydrogen-bond donors (Lipinski definition) is 1. The molecular weight excluding hydrogens is 350 g/mol. The molecule has 0 aliphatic heterocycles. The molecule has 1 N–H and O–H groups in total. The summed E-state index contributed by atoms with van der Waals surface area (Å²) in [5.41, 5.74) is 2.28. The Bertz CT molecular complexity index is 661. The Morgan fingerprint density at radius 3 is 2.58 bits per heavy atom. The summed E-state index contributed by atoms with van der Waals surface area (Å²) in [5.74, 6) is 0. The first-order valence-corrected chi connectivity index (χ1v) is 8.51. The average molecular weight is 362 g/mol. The minimum atomic E-state index is -3.50. The summed E-state index contributed by atoms with van der Waals surface area (Å²) in [6.07, 6.45) is 3.17. The van der Waals surface area contributed by atoms with Gasteiger partial charge in [0.15, 0.2) is 0 Å². The van der Waals surface area contributed by atoms with Crippen LogP contribution in [-0.2, 0) is 16.6 Å². The van der Waals surface area contributed by atoms with Crippen molar-refractivity contribution in [1.29, 1.82) is 0 Å². The normalized spacial score (nSPS) is 11.7. The molecule has 0 aliphatic rings. The van der Waals surface area contributed by atoms with Gasteiger partial charge in [-0.05, 0) is 41.4 Å². The van der Waals surface area contributed by atoms with Crippen molar-refractivity contribution in [2.75, 3.05) is 0 Å². The molecule has 2 rings (SSSR count). The third kappa shape index (κ3) is 3.59. The minimum Gasteiger partial charge on any atom is -0.258 e. The third-order valence-electron chi connectivity index (χ3n) is 2.38. The Labute approximate surface area is 124 Å². The van der Waals surface area contributed by atoms with E-state index in [2.05, 4.69) is 30.6 Å². The van der Waals surface area contributed by atoms with E-state index in [1.807, 2.05) is 13.8 Å². The van der Waals surface area contributed by atoms with E-state index < -0.39 is 10.0 Å². The van der Waals surface area contributed by atoms with Gasteiger partial charge in [0.2, 0.25) is 10.0 Å². The summed E-state index contributed by atoms with van der Waals surface area (Å²) in [6, 6.07) is 1.64. The number of halogens is 1. The molecule has 19 heavy (non-hydrogen) atoms. The van der Waals surface area contributed by atoms with E-state index in [-0.39, 0.29) is 10.8 Å². The van der Waals surface area contributed by atoms with Gasteiger partial charge < -0.3 is 0 Å². The lowest BCUT2D eigenvalue weighted by molar-refractivity contribution is 0.582. The van der Waals surface area contributed by atoms with Gasteiger partial charge in [-0.3, -0.25) is 9.97 Å². The Balaban J connectivity index is 2.11. The molecular formula is C11H12BrN3O2S2. The Kier molecular flexibility index (Phi) is 4.34. The molecule has 0 spiro atoms. The first kappa shape index (κ1) is 14.6. The number of sulfonamides is 1. The van der Waals surface area contributed by atoms with Gasteiger partial charge in [-0.1, -0.05) is 0 Å². The monoisotopic (exact) mass is 361 g/mol. The van der Waals surface area contributed by atoms with E-state index in [1.54, 1.807) is 18.5 Å². The lowest BCUT2D eigenvalue weighted by atomic mass is 10.4. The van der Waals surface area contributed by atoms with E-state index in [0.717, 1.165) is 15.0 Å². The van der Waals surface area contributed by atoms with E-state index in [4.69, 9.17) is 0 Å². The fourth-order valence-electron chi connectivity index (χ4n) is 1.31. The summed E-state index contributed by atoms with van der Waals surface area (Å²) < 4.78 is 27.8. The summed E-state index contributed by atoms with van der Waals surface area (Å²) in [4.78, 5) is 8.17. The van der Waals surface area contributed by atoms with Crippen LogP contribution in [-0.4, -0.2) is 18.4 Å². The molecule has 0 saturated heterocycles. The van der Waals surface area contributed by atoms with E-state index >= 15 is 0 Å². The van der Waals surface area contributed by atoms with E-state index in [1.165, 1.54) is 11.3 Å². The Morgan fingerprint density at radius 2 is 2.05 bits per heavy atom. The summed E-state index contributed by atoms with van der Waals surface area (Å²) in [6.45, 7) is 3.81. The molecule has 0 bridgehead atoms. The van der Waals surface area contributed by atoms with E-state index in [9.17, 15) is 8.42 Å². The van der Waals surface area contributed by atoms with Crippen LogP contribution in [0.4, 0.5) is 0 Å². The van der Waals surface area contributed by atoms with Crippen LogP contribution in [0, 0.1) is 13.8 Å². The molecule has 2 aromatic rings. The van der Waals surface area contributed by atoms with Crippen LogP contribution in [0.15, 0.2) is 26.5 Å². The predicted molar refractivity (Wildman–Crippen MR) is 77.6 cm³/mol. The average Bonchev–Trinajstić information content (AvgIpc) is 2.70. The van der Waals surface area contributed by atoms with Crippen molar-refractivity contribution >= 4 is 37.3 Å². The highest BCUT2D eigenvalue weighted by Gasteiger charge is 2.18. The van der Waals surface area contributed by atoms with Gasteiger partial charge in [-0.25, -0.2) is 13.1 Å². The molecule has 102 valence electrons. The SMILES string of the molecule is Cc1cnc(CNS(=O)(=O)c2cc(C)c(Br)s2)cn1. The van der Waals surface area contributed by atoms with Crippen LogP contribution in [0.5, 0.6) is 0 Å². The fraction of sp³-hybridized carbons (Fsp3) is 0.273. The lowest BCUT2D eigenvalue weighted by Gasteiger charge is -2.04. The van der Waals surface area contributed by atoms with Crippen LogP contribution in [0.25, 0.3) is 0 Å². The highest BCUT2D eigenvalue weighted by molar-refractivity contribution is 9.11. The van der Waals surface area contributed by atoms with Crippen LogP contribution in [0.3, 0.4) is 0 Å². The second-order valence-electron chi connectivity index (χ2n) is 4.00. The van der Waals surface area contributed by atoms with Crippen molar-refractivity contribution in [3.8, 4) is 0 Å². The molecule has 2 aromatic heterocycles. The topological polar surface area (TPSA) is 72.0 Å². The van der Waals surface area contributed by atoms with Crippen LogP contribution >= 0.6 is 27.3 Å². The maximum atomic E-state index is 12.1. The van der Waals surface area contributed by atoms with Crippen LogP contribution < -0.4 is 4.72 Å². The Hall–Kier alpha value is -0.830. The zero-order chi connectivity index (χ0) is 14.0. The number of thiophene rings is 1. The molecule has 0 radical (unpaired) electrons. The number of aromatic nitrogens is 2. The quantitative estimate of drug-likeness (QED) is 0.907. The van der Waals surface area contributed by atoms with Gasteiger partial charge in [0.25, 0.3) is 0 Å². The summed E-state index contributed by atoms with van der Waals surface area (Å²) >= 11 is 4.51. The molecule has 5 nitrogen and oxygen atoms in total. The minimum absolute atomic E-state index is 0.129. The Morgan fingerprint density at radius 1 is 1.32 bits per heavy atom. The van der Waals surface area contributed by atoms with Crippen molar-refractivity contribution in [2.24, 2.45) is 0 Å². The summed E-state index contributed by atoms with van der Waals surface area (Å²) in [7, 11) is -3.50. The molecule has 2 heterocycles. The predicted octanol–water partition coefficient (Wildman–Crippen LogP) is 2.40. The highest BCUT2D eigenvalue weighted by Crippen LogP contribution is 2.30. The standard InChI is InChI=1S/C11H12BrN3O2S2/c1-7-3-10(18-11(7)12)19(16,17)15-6-9-5-13-8(2)4-14-9/h3-5,15H,6H2,1-2H3. The van der Waals surface area contributed by atoms with Gasteiger partial charge in [0.1, 0.15) is 4.21 Å². The van der Waals surface area contributed by atoms with E-state index in [0.29, 0.717) is 5.69 Å². The van der Waals surface area contributed by atoms with Crippen molar-refractivity contribution < 1.29 is 8.42 Å². The smallest absolute Gasteiger partial charge is 0.250 e. The van der Waals surface area contributed by atoms with Gasteiger partial charge in [-0.15, -0.1) is 11.3 Å². The van der Waals surface area contributed by atoms with Gasteiger partial charge in [0, 0.05) is 6.20 Å². The molecule has 0 fully saturated rings. The maximum Gasteiger partial charge on any atom is 0.250 e. The number of rotatable bonds is 4. The second kappa shape index (κ2) is 5.66.